The van der Waals surface area contributed by atoms with E-state index < -0.39 is 0 Å². The summed E-state index contributed by atoms with van der Waals surface area (Å²) in [5, 5.41) is 4.49. The topological polar surface area (TPSA) is 14.1 Å². The Balaban J connectivity index is 0.00000128. The van der Waals surface area contributed by atoms with Crippen LogP contribution in [0.25, 0.3) is 5.32 Å². The molecule has 2 rings (SSSR count). The van der Waals surface area contributed by atoms with Crippen molar-refractivity contribution in [2.75, 3.05) is 13.1 Å². The number of piperidine rings is 1. The molecule has 2 heteroatoms. The zero-order chi connectivity index (χ0) is 10.7. The van der Waals surface area contributed by atoms with E-state index in [1.165, 1.54) is 44.9 Å². The molecule has 1 aliphatic carbocycles. The fourth-order valence-corrected chi connectivity index (χ4v) is 3.56. The monoisotopic (exact) mass is 259 g/mol. The zero-order valence-corrected chi connectivity index (χ0v) is 12.3. The summed E-state index contributed by atoms with van der Waals surface area (Å²) < 4.78 is 0. The van der Waals surface area contributed by atoms with Crippen LogP contribution >= 0.6 is 0 Å². The van der Waals surface area contributed by atoms with Crippen molar-refractivity contribution in [3.8, 4) is 0 Å². The number of rotatable bonds is 2. The van der Waals surface area contributed by atoms with Crippen LogP contribution in [0.3, 0.4) is 0 Å². The fraction of sp³-hybridized carbons (Fsp3) is 1.00. The van der Waals surface area contributed by atoms with Crippen molar-refractivity contribution in [1.29, 1.82) is 0 Å². The van der Waals surface area contributed by atoms with Gasteiger partial charge in [0.25, 0.3) is 0 Å². The van der Waals surface area contributed by atoms with Crippen LogP contribution in [-0.4, -0.2) is 13.1 Å². The number of hydrogen-bond donors (Lipinski definition) is 0. The van der Waals surface area contributed by atoms with Crippen LogP contribution in [0.5, 0.6) is 0 Å². The zero-order valence-electron chi connectivity index (χ0n) is 10.9. The molecular weight excluding hydrogens is 233 g/mol. The van der Waals surface area contributed by atoms with E-state index in [1.54, 1.807) is 0 Å². The first kappa shape index (κ1) is 14.6. The molecule has 16 heavy (non-hydrogen) atoms. The molecule has 0 amide bonds. The maximum Gasteiger partial charge on any atom is 0 e. The molecule has 1 spiro atoms. The maximum atomic E-state index is 4.49. The first-order valence-corrected chi connectivity index (χ1v) is 6.83. The molecule has 1 heterocycles. The Morgan fingerprint density at radius 1 is 1.06 bits per heavy atom. The minimum atomic E-state index is 0. The molecule has 0 bridgehead atoms. The summed E-state index contributed by atoms with van der Waals surface area (Å²) in [6.07, 6.45) is 10.2. The van der Waals surface area contributed by atoms with Gasteiger partial charge in [0.1, 0.15) is 0 Å². The Labute approximate surface area is 113 Å². The normalized spacial score (nSPS) is 25.7. The molecule has 0 N–H and O–H groups in total. The standard InChI is InChI=1S/C14H26N.V/c1-12(2)11-13-3-5-14(6-4-13)7-9-15-10-8-14;/h12-13H,3-11H2,1-2H3;/q-1;. The van der Waals surface area contributed by atoms with Gasteiger partial charge in [-0.15, -0.1) is 13.1 Å². The van der Waals surface area contributed by atoms with E-state index in [0.717, 1.165) is 30.3 Å². The second-order valence-corrected chi connectivity index (χ2v) is 6.24. The van der Waals surface area contributed by atoms with Crippen molar-refractivity contribution in [3.63, 3.8) is 0 Å². The predicted molar refractivity (Wildman–Crippen MR) is 66.2 cm³/mol. The first-order chi connectivity index (χ1) is 7.20. The Kier molecular flexibility index (Phi) is 5.91. The van der Waals surface area contributed by atoms with Gasteiger partial charge in [-0.2, -0.15) is 0 Å². The average molecular weight is 259 g/mol. The Morgan fingerprint density at radius 3 is 2.12 bits per heavy atom. The van der Waals surface area contributed by atoms with Crippen molar-refractivity contribution in [1.82, 2.24) is 0 Å². The summed E-state index contributed by atoms with van der Waals surface area (Å²) in [7, 11) is 0. The fourth-order valence-electron chi connectivity index (χ4n) is 3.56. The predicted octanol–water partition coefficient (Wildman–Crippen LogP) is 4.37. The molecular formula is C14H26NV-. The molecule has 0 aromatic heterocycles. The Bertz CT molecular complexity index is 187. The van der Waals surface area contributed by atoms with Gasteiger partial charge >= 0.3 is 0 Å². The second-order valence-electron chi connectivity index (χ2n) is 6.24. The molecule has 0 unspecified atom stereocenters. The molecule has 2 fully saturated rings. The van der Waals surface area contributed by atoms with Crippen LogP contribution in [0.2, 0.25) is 0 Å². The van der Waals surface area contributed by atoms with Gasteiger partial charge in [0.05, 0.1) is 0 Å². The van der Waals surface area contributed by atoms with E-state index in [2.05, 4.69) is 19.2 Å². The largest absolute Gasteiger partial charge is 0.662 e. The SMILES string of the molecule is CC(C)CC1CCC2(CC[N-]CC2)CC1.[V]. The summed E-state index contributed by atoms with van der Waals surface area (Å²) in [6, 6.07) is 0. The van der Waals surface area contributed by atoms with Crippen molar-refractivity contribution in [3.05, 3.63) is 5.32 Å². The third-order valence-corrected chi connectivity index (χ3v) is 4.57. The molecule has 1 radical (unpaired) electrons. The van der Waals surface area contributed by atoms with Crippen molar-refractivity contribution in [2.45, 2.75) is 58.8 Å². The summed E-state index contributed by atoms with van der Waals surface area (Å²) in [4.78, 5) is 0. The van der Waals surface area contributed by atoms with Crippen molar-refractivity contribution in [2.24, 2.45) is 17.3 Å². The Hall–Kier alpha value is 0.544. The van der Waals surface area contributed by atoms with Crippen molar-refractivity contribution >= 4 is 0 Å². The summed E-state index contributed by atoms with van der Waals surface area (Å²) in [5.41, 5.74) is 0.731. The van der Waals surface area contributed by atoms with Crippen LogP contribution in [-0.2, 0) is 18.6 Å². The van der Waals surface area contributed by atoms with Crippen LogP contribution in [0.4, 0.5) is 0 Å². The van der Waals surface area contributed by atoms with Crippen LogP contribution in [0.15, 0.2) is 0 Å². The summed E-state index contributed by atoms with van der Waals surface area (Å²) in [5.74, 6) is 1.93. The Morgan fingerprint density at radius 2 is 1.62 bits per heavy atom. The van der Waals surface area contributed by atoms with Gasteiger partial charge < -0.3 is 5.32 Å². The summed E-state index contributed by atoms with van der Waals surface area (Å²) >= 11 is 0. The van der Waals surface area contributed by atoms with Gasteiger partial charge in [0, 0.05) is 18.6 Å². The van der Waals surface area contributed by atoms with Gasteiger partial charge in [-0.3, -0.25) is 0 Å². The van der Waals surface area contributed by atoms with Crippen molar-refractivity contribution < 1.29 is 18.6 Å². The second kappa shape index (κ2) is 6.47. The minimum Gasteiger partial charge on any atom is -0.662 e. The van der Waals surface area contributed by atoms with Crippen LogP contribution in [0.1, 0.15) is 58.8 Å². The van der Waals surface area contributed by atoms with Gasteiger partial charge in [-0.1, -0.05) is 26.7 Å². The van der Waals surface area contributed by atoms with Gasteiger partial charge in [-0.05, 0) is 49.4 Å². The molecule has 93 valence electrons. The van der Waals surface area contributed by atoms with E-state index >= 15 is 0 Å². The van der Waals surface area contributed by atoms with E-state index in [9.17, 15) is 0 Å². The quantitative estimate of drug-likeness (QED) is 0.699. The minimum absolute atomic E-state index is 0. The van der Waals surface area contributed by atoms with Gasteiger partial charge in [-0.25, -0.2) is 0 Å². The molecule has 0 atom stereocenters. The van der Waals surface area contributed by atoms with E-state index in [-0.39, 0.29) is 18.6 Å². The van der Waals surface area contributed by atoms with E-state index in [1.807, 2.05) is 0 Å². The molecule has 1 nitrogen and oxygen atoms in total. The van der Waals surface area contributed by atoms with Gasteiger partial charge in [0.15, 0.2) is 0 Å². The van der Waals surface area contributed by atoms with E-state index in [0.29, 0.717) is 0 Å². The third-order valence-electron chi connectivity index (χ3n) is 4.57. The number of hydrogen-bond acceptors (Lipinski definition) is 0. The average Bonchev–Trinajstić information content (AvgIpc) is 2.23. The number of nitrogens with zero attached hydrogens (tertiary/aromatic N) is 1. The molecule has 1 saturated heterocycles. The maximum absolute atomic E-state index is 4.49. The molecule has 1 saturated carbocycles. The van der Waals surface area contributed by atoms with E-state index in [4.69, 9.17) is 0 Å². The summed E-state index contributed by atoms with van der Waals surface area (Å²) in [6.45, 7) is 7.03. The molecule has 1 aliphatic heterocycles. The third kappa shape index (κ3) is 3.79. The molecule has 0 aromatic carbocycles. The molecule has 0 aromatic rings. The van der Waals surface area contributed by atoms with Crippen LogP contribution < -0.4 is 0 Å². The smallest absolute Gasteiger partial charge is 0 e. The first-order valence-electron chi connectivity index (χ1n) is 6.83. The van der Waals surface area contributed by atoms with Crippen LogP contribution in [0, 0.1) is 17.3 Å². The molecule has 2 aliphatic rings. The van der Waals surface area contributed by atoms with Gasteiger partial charge in [0.2, 0.25) is 0 Å².